The fourth-order valence-electron chi connectivity index (χ4n) is 1.52. The van der Waals surface area contributed by atoms with Crippen LogP contribution in [0.5, 0.6) is 0 Å². The average Bonchev–Trinajstić information content (AvgIpc) is 2.10. The summed E-state index contributed by atoms with van der Waals surface area (Å²) in [5, 5.41) is 0. The van der Waals surface area contributed by atoms with Crippen LogP contribution in [0.3, 0.4) is 0 Å². The van der Waals surface area contributed by atoms with Crippen molar-refractivity contribution in [2.75, 3.05) is 0 Å². The Hall–Kier alpha value is -0.340. The van der Waals surface area contributed by atoms with E-state index in [0.717, 1.165) is 4.47 Å². The normalized spacial score (nSPS) is 13.4. The second-order valence-electron chi connectivity index (χ2n) is 4.23. The summed E-state index contributed by atoms with van der Waals surface area (Å²) in [6.45, 7) is 8.52. The van der Waals surface area contributed by atoms with Gasteiger partial charge in [0.1, 0.15) is 0 Å². The van der Waals surface area contributed by atoms with Crippen LogP contribution >= 0.6 is 15.9 Å². The summed E-state index contributed by atoms with van der Waals surface area (Å²) < 4.78 is 1.16. The van der Waals surface area contributed by atoms with Crippen molar-refractivity contribution in [1.82, 2.24) is 0 Å². The van der Waals surface area contributed by atoms with Crippen molar-refractivity contribution < 1.29 is 0 Å². The number of aryl methyl sites for hydroxylation is 2. The Bertz CT molecular complexity index is 331. The minimum absolute atomic E-state index is 0.141. The van der Waals surface area contributed by atoms with Crippen LogP contribution in [0.2, 0.25) is 0 Å². The van der Waals surface area contributed by atoms with Gasteiger partial charge in [-0.2, -0.15) is 0 Å². The predicted molar refractivity (Wildman–Crippen MR) is 65.4 cm³/mol. The molecular formula is C12H18BrN. The van der Waals surface area contributed by atoms with Gasteiger partial charge in [0.05, 0.1) is 0 Å². The maximum atomic E-state index is 6.14. The Labute approximate surface area is 94.8 Å². The SMILES string of the molecule is Cc1cc(C(N)C(C)C)c(C)cc1Br. The molecule has 0 spiro atoms. The molecule has 2 N–H and O–H groups in total. The van der Waals surface area contributed by atoms with Gasteiger partial charge < -0.3 is 5.73 Å². The molecule has 0 aliphatic carbocycles. The quantitative estimate of drug-likeness (QED) is 0.857. The van der Waals surface area contributed by atoms with Gasteiger partial charge in [0.2, 0.25) is 0 Å². The zero-order valence-corrected chi connectivity index (χ0v) is 10.9. The first kappa shape index (κ1) is 11.7. The monoisotopic (exact) mass is 255 g/mol. The molecule has 0 fully saturated rings. The molecule has 78 valence electrons. The summed E-state index contributed by atoms with van der Waals surface area (Å²) in [5.74, 6) is 0.481. The summed E-state index contributed by atoms with van der Waals surface area (Å²) in [6.07, 6.45) is 0. The minimum atomic E-state index is 0.141. The molecule has 14 heavy (non-hydrogen) atoms. The minimum Gasteiger partial charge on any atom is -0.324 e. The van der Waals surface area contributed by atoms with Gasteiger partial charge in [-0.05, 0) is 42.5 Å². The number of rotatable bonds is 2. The van der Waals surface area contributed by atoms with Crippen molar-refractivity contribution in [2.45, 2.75) is 33.7 Å². The summed E-state index contributed by atoms with van der Waals surface area (Å²) in [5.41, 5.74) is 9.93. The molecule has 1 nitrogen and oxygen atoms in total. The van der Waals surface area contributed by atoms with E-state index in [4.69, 9.17) is 5.73 Å². The van der Waals surface area contributed by atoms with E-state index in [-0.39, 0.29) is 6.04 Å². The fourth-order valence-corrected chi connectivity index (χ4v) is 1.98. The van der Waals surface area contributed by atoms with E-state index in [0.29, 0.717) is 5.92 Å². The van der Waals surface area contributed by atoms with E-state index in [2.05, 4.69) is 55.8 Å². The lowest BCUT2D eigenvalue weighted by Crippen LogP contribution is -2.18. The van der Waals surface area contributed by atoms with Gasteiger partial charge in [0.25, 0.3) is 0 Å². The largest absolute Gasteiger partial charge is 0.324 e. The smallest absolute Gasteiger partial charge is 0.0320 e. The third-order valence-corrected chi connectivity index (χ3v) is 3.48. The number of nitrogens with two attached hydrogens (primary N) is 1. The highest BCUT2D eigenvalue weighted by atomic mass is 79.9. The number of benzene rings is 1. The number of hydrogen-bond donors (Lipinski definition) is 1. The molecule has 0 radical (unpaired) electrons. The van der Waals surface area contributed by atoms with Gasteiger partial charge in [0.15, 0.2) is 0 Å². The molecule has 0 aliphatic rings. The summed E-state index contributed by atoms with van der Waals surface area (Å²) in [4.78, 5) is 0. The Balaban J connectivity index is 3.15. The van der Waals surface area contributed by atoms with Crippen LogP contribution in [0, 0.1) is 19.8 Å². The molecule has 1 atom stereocenters. The molecule has 0 aliphatic heterocycles. The van der Waals surface area contributed by atoms with Gasteiger partial charge in [-0.3, -0.25) is 0 Å². The van der Waals surface area contributed by atoms with Gasteiger partial charge in [0, 0.05) is 10.5 Å². The van der Waals surface area contributed by atoms with Gasteiger partial charge in [-0.15, -0.1) is 0 Å². The van der Waals surface area contributed by atoms with Crippen molar-refractivity contribution in [3.8, 4) is 0 Å². The molecule has 0 saturated carbocycles. The van der Waals surface area contributed by atoms with Gasteiger partial charge in [-0.25, -0.2) is 0 Å². The standard InChI is InChI=1S/C12H18BrN/c1-7(2)12(14)10-5-9(4)11(13)6-8(10)3/h5-7,12H,14H2,1-4H3. The highest BCUT2D eigenvalue weighted by Crippen LogP contribution is 2.27. The zero-order chi connectivity index (χ0) is 10.9. The fraction of sp³-hybridized carbons (Fsp3) is 0.500. The van der Waals surface area contributed by atoms with Crippen molar-refractivity contribution in [2.24, 2.45) is 11.7 Å². The Kier molecular flexibility index (Phi) is 3.73. The van der Waals surface area contributed by atoms with E-state index in [1.807, 2.05) is 0 Å². The van der Waals surface area contributed by atoms with E-state index in [9.17, 15) is 0 Å². The van der Waals surface area contributed by atoms with Gasteiger partial charge in [-0.1, -0.05) is 35.8 Å². The molecule has 0 bridgehead atoms. The highest BCUT2D eigenvalue weighted by Gasteiger charge is 2.13. The Morgan fingerprint density at radius 3 is 2.21 bits per heavy atom. The van der Waals surface area contributed by atoms with Crippen molar-refractivity contribution in [3.05, 3.63) is 33.3 Å². The van der Waals surface area contributed by atoms with Crippen molar-refractivity contribution in [3.63, 3.8) is 0 Å². The third-order valence-electron chi connectivity index (χ3n) is 2.62. The van der Waals surface area contributed by atoms with Crippen molar-refractivity contribution in [1.29, 1.82) is 0 Å². The zero-order valence-electron chi connectivity index (χ0n) is 9.26. The number of halogens is 1. The third kappa shape index (κ3) is 2.37. The molecular weight excluding hydrogens is 238 g/mol. The first-order chi connectivity index (χ1) is 6.43. The maximum Gasteiger partial charge on any atom is 0.0320 e. The molecule has 1 aromatic rings. The lowest BCUT2D eigenvalue weighted by molar-refractivity contribution is 0.512. The second kappa shape index (κ2) is 4.45. The van der Waals surface area contributed by atoms with E-state index >= 15 is 0 Å². The summed E-state index contributed by atoms with van der Waals surface area (Å²) in [6, 6.07) is 4.47. The van der Waals surface area contributed by atoms with Crippen molar-refractivity contribution >= 4 is 15.9 Å². The molecule has 1 aromatic carbocycles. The van der Waals surface area contributed by atoms with E-state index in [1.165, 1.54) is 16.7 Å². The Morgan fingerprint density at radius 1 is 1.14 bits per heavy atom. The lowest BCUT2D eigenvalue weighted by Gasteiger charge is -2.19. The summed E-state index contributed by atoms with van der Waals surface area (Å²) >= 11 is 3.53. The molecule has 0 heterocycles. The van der Waals surface area contributed by atoms with Crippen LogP contribution < -0.4 is 5.73 Å². The van der Waals surface area contributed by atoms with Gasteiger partial charge >= 0.3 is 0 Å². The maximum absolute atomic E-state index is 6.14. The Morgan fingerprint density at radius 2 is 1.71 bits per heavy atom. The molecule has 0 saturated heterocycles. The first-order valence-corrected chi connectivity index (χ1v) is 5.75. The van der Waals surface area contributed by atoms with Crippen LogP contribution in [-0.4, -0.2) is 0 Å². The van der Waals surface area contributed by atoms with Crippen LogP contribution in [0.15, 0.2) is 16.6 Å². The van der Waals surface area contributed by atoms with E-state index in [1.54, 1.807) is 0 Å². The average molecular weight is 256 g/mol. The molecule has 1 unspecified atom stereocenters. The second-order valence-corrected chi connectivity index (χ2v) is 5.08. The van der Waals surface area contributed by atoms with Crippen LogP contribution in [0.4, 0.5) is 0 Å². The first-order valence-electron chi connectivity index (χ1n) is 4.95. The molecule has 2 heteroatoms. The predicted octanol–water partition coefficient (Wildman–Crippen LogP) is 3.72. The van der Waals surface area contributed by atoms with Crippen LogP contribution in [0.1, 0.15) is 36.6 Å². The molecule has 0 aromatic heterocycles. The lowest BCUT2D eigenvalue weighted by atomic mass is 9.92. The topological polar surface area (TPSA) is 26.0 Å². The molecule has 1 rings (SSSR count). The highest BCUT2D eigenvalue weighted by molar-refractivity contribution is 9.10. The van der Waals surface area contributed by atoms with Crippen LogP contribution in [0.25, 0.3) is 0 Å². The summed E-state index contributed by atoms with van der Waals surface area (Å²) in [7, 11) is 0. The van der Waals surface area contributed by atoms with E-state index < -0.39 is 0 Å². The number of hydrogen-bond acceptors (Lipinski definition) is 1. The van der Waals surface area contributed by atoms with Crippen LogP contribution in [-0.2, 0) is 0 Å². The molecule has 0 amide bonds.